The lowest BCUT2D eigenvalue weighted by atomic mass is 10.1. The molecule has 20 heavy (non-hydrogen) atoms. The molecule has 2 aromatic carbocycles. The van der Waals surface area contributed by atoms with E-state index in [-0.39, 0.29) is 11.9 Å². The van der Waals surface area contributed by atoms with E-state index in [4.69, 9.17) is 10.5 Å². The molecule has 0 aromatic heterocycles. The summed E-state index contributed by atoms with van der Waals surface area (Å²) < 4.78 is 20.5. The number of hydrogen-bond donors (Lipinski definition) is 1. The molecule has 0 aliphatic heterocycles. The molecule has 1 unspecified atom stereocenters. The molecule has 106 valence electrons. The molecule has 2 nitrogen and oxygen atoms in total. The van der Waals surface area contributed by atoms with Crippen molar-refractivity contribution in [3.05, 3.63) is 56.7 Å². The lowest BCUT2D eigenvalue weighted by molar-refractivity contribution is 0.473. The molecule has 5 heteroatoms. The maximum atomic E-state index is 13.2. The van der Waals surface area contributed by atoms with E-state index in [0.717, 1.165) is 16.5 Å². The van der Waals surface area contributed by atoms with Crippen LogP contribution in [0.4, 0.5) is 4.39 Å². The topological polar surface area (TPSA) is 35.2 Å². The molecule has 0 spiro atoms. The zero-order valence-electron chi connectivity index (χ0n) is 10.9. The van der Waals surface area contributed by atoms with Crippen LogP contribution in [0.1, 0.15) is 12.5 Å². The van der Waals surface area contributed by atoms with Gasteiger partial charge in [0.1, 0.15) is 17.3 Å². The van der Waals surface area contributed by atoms with Crippen LogP contribution in [-0.4, -0.2) is 6.04 Å². The van der Waals surface area contributed by atoms with Gasteiger partial charge < -0.3 is 10.5 Å². The summed E-state index contributed by atoms with van der Waals surface area (Å²) in [6.45, 7) is 1.96. The minimum absolute atomic E-state index is 0.0930. The van der Waals surface area contributed by atoms with Crippen LogP contribution >= 0.6 is 31.9 Å². The molecule has 1 atom stereocenters. The first-order valence-electron chi connectivity index (χ1n) is 6.12. The number of halogens is 3. The first-order chi connectivity index (χ1) is 9.45. The van der Waals surface area contributed by atoms with Gasteiger partial charge in [-0.2, -0.15) is 0 Å². The smallest absolute Gasteiger partial charge is 0.144 e. The molecular weight excluding hydrogens is 389 g/mol. The van der Waals surface area contributed by atoms with Gasteiger partial charge in [0.25, 0.3) is 0 Å². The fourth-order valence-corrected chi connectivity index (χ4v) is 2.63. The fourth-order valence-electron chi connectivity index (χ4n) is 1.79. The minimum Gasteiger partial charge on any atom is -0.456 e. The molecule has 0 radical (unpaired) electrons. The monoisotopic (exact) mass is 401 g/mol. The minimum atomic E-state index is -0.337. The highest BCUT2D eigenvalue weighted by Gasteiger charge is 2.08. The van der Waals surface area contributed by atoms with Crippen molar-refractivity contribution in [1.82, 2.24) is 0 Å². The maximum absolute atomic E-state index is 13.2. The van der Waals surface area contributed by atoms with Gasteiger partial charge in [0.15, 0.2) is 0 Å². The van der Waals surface area contributed by atoms with Crippen molar-refractivity contribution >= 4 is 31.9 Å². The molecule has 0 saturated heterocycles. The van der Waals surface area contributed by atoms with E-state index in [1.165, 1.54) is 12.1 Å². The number of nitrogens with two attached hydrogens (primary N) is 1. The van der Waals surface area contributed by atoms with Crippen molar-refractivity contribution in [3.63, 3.8) is 0 Å². The number of hydrogen-bond acceptors (Lipinski definition) is 2. The van der Waals surface area contributed by atoms with Gasteiger partial charge in [0, 0.05) is 16.6 Å². The highest BCUT2D eigenvalue weighted by atomic mass is 79.9. The fraction of sp³-hybridized carbons (Fsp3) is 0.200. The van der Waals surface area contributed by atoms with Crippen LogP contribution in [0.3, 0.4) is 0 Å². The van der Waals surface area contributed by atoms with Crippen molar-refractivity contribution in [2.75, 3.05) is 0 Å². The van der Waals surface area contributed by atoms with E-state index in [1.54, 1.807) is 6.07 Å². The lowest BCUT2D eigenvalue weighted by Gasteiger charge is -2.11. The van der Waals surface area contributed by atoms with Crippen molar-refractivity contribution in [3.8, 4) is 11.5 Å². The summed E-state index contributed by atoms with van der Waals surface area (Å²) in [5.74, 6) is 0.740. The van der Waals surface area contributed by atoms with Gasteiger partial charge in [-0.15, -0.1) is 0 Å². The van der Waals surface area contributed by atoms with E-state index in [0.29, 0.717) is 16.0 Å². The first kappa shape index (κ1) is 15.5. The molecule has 2 aromatic rings. The predicted octanol–water partition coefficient (Wildman–Crippen LogP) is 5.03. The summed E-state index contributed by atoms with van der Waals surface area (Å²) in [6.07, 6.45) is 0.782. The summed E-state index contributed by atoms with van der Waals surface area (Å²) in [5.41, 5.74) is 6.91. The van der Waals surface area contributed by atoms with Crippen LogP contribution in [-0.2, 0) is 6.42 Å². The Morgan fingerprint density at radius 1 is 1.15 bits per heavy atom. The molecule has 2 rings (SSSR count). The van der Waals surface area contributed by atoms with Crippen LogP contribution < -0.4 is 10.5 Å². The van der Waals surface area contributed by atoms with Crippen molar-refractivity contribution < 1.29 is 9.13 Å². The largest absolute Gasteiger partial charge is 0.456 e. The van der Waals surface area contributed by atoms with Crippen LogP contribution in [0.15, 0.2) is 45.3 Å². The third-order valence-electron chi connectivity index (χ3n) is 2.69. The second-order valence-corrected chi connectivity index (χ2v) is 6.32. The molecule has 0 heterocycles. The van der Waals surface area contributed by atoms with Gasteiger partial charge in [-0.3, -0.25) is 0 Å². The molecule has 0 aliphatic carbocycles. The van der Waals surface area contributed by atoms with Gasteiger partial charge in [-0.1, -0.05) is 22.0 Å². The Hall–Kier alpha value is -0.910. The van der Waals surface area contributed by atoms with Crippen molar-refractivity contribution in [2.45, 2.75) is 19.4 Å². The molecular formula is C15H14Br2FNO. The molecule has 0 aliphatic rings. The summed E-state index contributed by atoms with van der Waals surface area (Å²) in [7, 11) is 0. The molecule has 0 bridgehead atoms. The Morgan fingerprint density at radius 3 is 2.55 bits per heavy atom. The Labute approximate surface area is 134 Å². The summed E-state index contributed by atoms with van der Waals surface area (Å²) in [5, 5.41) is 0. The van der Waals surface area contributed by atoms with E-state index in [1.807, 2.05) is 25.1 Å². The number of rotatable bonds is 4. The molecule has 0 fully saturated rings. The number of ether oxygens (including phenoxy) is 1. The standard InChI is InChI=1S/C15H14Br2FNO/c1-9(19)6-10-2-4-12(8-14(10)17)20-15-7-11(18)3-5-13(15)16/h2-5,7-9H,6,19H2,1H3. The van der Waals surface area contributed by atoms with Crippen molar-refractivity contribution in [2.24, 2.45) is 5.73 Å². The average molecular weight is 403 g/mol. The van der Waals surface area contributed by atoms with E-state index < -0.39 is 0 Å². The second kappa shape index (κ2) is 6.70. The van der Waals surface area contributed by atoms with Gasteiger partial charge in [-0.05, 0) is 59.1 Å². The van der Waals surface area contributed by atoms with E-state index >= 15 is 0 Å². The van der Waals surface area contributed by atoms with Crippen LogP contribution in [0.5, 0.6) is 11.5 Å². The van der Waals surface area contributed by atoms with Gasteiger partial charge in [0.2, 0.25) is 0 Å². The van der Waals surface area contributed by atoms with Crippen LogP contribution in [0.25, 0.3) is 0 Å². The number of benzene rings is 2. The summed E-state index contributed by atoms with van der Waals surface area (Å²) in [4.78, 5) is 0. The quantitative estimate of drug-likeness (QED) is 0.777. The second-order valence-electron chi connectivity index (χ2n) is 4.61. The first-order valence-corrected chi connectivity index (χ1v) is 7.71. The Balaban J connectivity index is 2.22. The van der Waals surface area contributed by atoms with Gasteiger partial charge in [0.05, 0.1) is 4.47 Å². The Bertz CT molecular complexity index is 617. The average Bonchev–Trinajstić information content (AvgIpc) is 2.37. The molecule has 2 N–H and O–H groups in total. The lowest BCUT2D eigenvalue weighted by Crippen LogP contribution is -2.17. The molecule has 0 amide bonds. The van der Waals surface area contributed by atoms with Crippen molar-refractivity contribution in [1.29, 1.82) is 0 Å². The van der Waals surface area contributed by atoms with Crippen LogP contribution in [0, 0.1) is 5.82 Å². The zero-order valence-corrected chi connectivity index (χ0v) is 14.0. The highest BCUT2D eigenvalue weighted by Crippen LogP contribution is 2.32. The summed E-state index contributed by atoms with van der Waals surface area (Å²) in [6, 6.07) is 10.1. The highest BCUT2D eigenvalue weighted by molar-refractivity contribution is 9.10. The Kier molecular flexibility index (Phi) is 5.18. The van der Waals surface area contributed by atoms with Crippen LogP contribution in [0.2, 0.25) is 0 Å². The Morgan fingerprint density at radius 2 is 1.90 bits per heavy atom. The predicted molar refractivity (Wildman–Crippen MR) is 85.7 cm³/mol. The maximum Gasteiger partial charge on any atom is 0.144 e. The third kappa shape index (κ3) is 4.04. The summed E-state index contributed by atoms with van der Waals surface area (Å²) >= 11 is 6.83. The van der Waals surface area contributed by atoms with E-state index in [2.05, 4.69) is 31.9 Å². The van der Waals surface area contributed by atoms with Gasteiger partial charge >= 0.3 is 0 Å². The molecule has 0 saturated carbocycles. The third-order valence-corrected chi connectivity index (χ3v) is 4.08. The zero-order chi connectivity index (χ0) is 14.7. The normalized spacial score (nSPS) is 12.2. The van der Waals surface area contributed by atoms with E-state index in [9.17, 15) is 4.39 Å². The van der Waals surface area contributed by atoms with Gasteiger partial charge in [-0.25, -0.2) is 4.39 Å². The SMILES string of the molecule is CC(N)Cc1ccc(Oc2cc(F)ccc2Br)cc1Br.